The normalized spacial score (nSPS) is 11.6. The molecule has 0 aromatic heterocycles. The summed E-state index contributed by atoms with van der Waals surface area (Å²) < 4.78 is 5.37. The van der Waals surface area contributed by atoms with Crippen molar-refractivity contribution in [3.8, 4) is 0 Å². The van der Waals surface area contributed by atoms with Crippen molar-refractivity contribution in [1.29, 1.82) is 0 Å². The quantitative estimate of drug-likeness (QED) is 0.0930. The van der Waals surface area contributed by atoms with Gasteiger partial charge in [-0.25, -0.2) is 0 Å². The summed E-state index contributed by atoms with van der Waals surface area (Å²) in [4.78, 5) is 51.0. The molecule has 0 unspecified atom stereocenters. The summed E-state index contributed by atoms with van der Waals surface area (Å²) in [5.74, 6) is -2.17. The van der Waals surface area contributed by atoms with Gasteiger partial charge < -0.3 is 34.8 Å². The number of esters is 1. The van der Waals surface area contributed by atoms with Crippen molar-refractivity contribution >= 4 is 23.9 Å². The summed E-state index contributed by atoms with van der Waals surface area (Å²) in [6.45, 7) is 9.26. The monoisotopic (exact) mass is 573 g/mol. The van der Waals surface area contributed by atoms with Crippen LogP contribution in [0.4, 0.5) is 0 Å². The van der Waals surface area contributed by atoms with E-state index in [2.05, 4.69) is 18.7 Å². The van der Waals surface area contributed by atoms with Crippen LogP contribution >= 0.6 is 0 Å². The number of hydrogen-bond donors (Lipinski definition) is 3. The highest BCUT2D eigenvalue weighted by atomic mass is 16.5. The molecule has 0 saturated heterocycles. The first-order chi connectivity index (χ1) is 19.0. The first-order valence-corrected chi connectivity index (χ1v) is 14.9. The molecule has 0 bridgehead atoms. The van der Waals surface area contributed by atoms with Crippen molar-refractivity contribution < 1.29 is 39.2 Å². The third kappa shape index (κ3) is 26.0. The molecule has 0 aliphatic rings. The smallest absolute Gasteiger partial charge is 0.307 e. The minimum atomic E-state index is -0.902. The van der Waals surface area contributed by atoms with E-state index in [1.165, 1.54) is 19.3 Å². The number of unbranched alkanes of at least 4 members (excludes halogenated alkanes) is 4. The van der Waals surface area contributed by atoms with E-state index in [1.54, 1.807) is 0 Å². The van der Waals surface area contributed by atoms with Crippen LogP contribution < -0.4 is 0 Å². The maximum atomic E-state index is 12.2. The highest BCUT2D eigenvalue weighted by molar-refractivity contribution is 5.69. The van der Waals surface area contributed by atoms with Crippen LogP contribution in [0.5, 0.6) is 0 Å². The minimum Gasteiger partial charge on any atom is -0.481 e. The Kier molecular flexibility index (Phi) is 23.2. The largest absolute Gasteiger partial charge is 0.481 e. The van der Waals surface area contributed by atoms with E-state index in [-0.39, 0.29) is 31.7 Å². The molecule has 0 rings (SSSR count). The molecule has 0 aromatic carbocycles. The number of rotatable bonds is 28. The lowest BCUT2D eigenvalue weighted by atomic mass is 10.0. The Bertz CT molecular complexity index is 687. The van der Waals surface area contributed by atoms with Gasteiger partial charge in [0.15, 0.2) is 0 Å². The molecule has 234 valence electrons. The van der Waals surface area contributed by atoms with Crippen molar-refractivity contribution in [3.05, 3.63) is 0 Å². The maximum Gasteiger partial charge on any atom is 0.307 e. The van der Waals surface area contributed by atoms with E-state index in [0.29, 0.717) is 45.9 Å². The summed E-state index contributed by atoms with van der Waals surface area (Å²) in [5.41, 5.74) is 0. The molecule has 0 atom stereocenters. The first-order valence-electron chi connectivity index (χ1n) is 14.9. The number of aliphatic carboxylic acids is 3. The highest BCUT2D eigenvalue weighted by Gasteiger charge is 2.13. The van der Waals surface area contributed by atoms with Gasteiger partial charge in [-0.05, 0) is 58.4 Å². The van der Waals surface area contributed by atoms with Gasteiger partial charge in [0.05, 0.1) is 32.3 Å². The molecule has 0 aromatic rings. The predicted octanol–water partition coefficient (Wildman–Crippen LogP) is 3.66. The fourth-order valence-electron chi connectivity index (χ4n) is 4.36. The Morgan fingerprint density at radius 2 is 1.00 bits per heavy atom. The molecule has 40 heavy (non-hydrogen) atoms. The Balaban J connectivity index is 4.26. The molecule has 11 heteroatoms. The SMILES string of the molecule is CC(C)CCCCCCCOC(=O)CCN(CCCN(C)CCCN(CCC(=O)O)CCC(=O)O)CCC(=O)O. The Morgan fingerprint density at radius 1 is 0.575 bits per heavy atom. The fraction of sp³-hybridized carbons (Fsp3) is 0.862. The number of carbonyl (C=O) groups excluding carboxylic acids is 1. The van der Waals surface area contributed by atoms with Gasteiger partial charge in [0.25, 0.3) is 0 Å². The molecule has 0 aliphatic heterocycles. The molecule has 0 saturated carbocycles. The molecular formula is C29H55N3O8. The molecule has 3 N–H and O–H groups in total. The lowest BCUT2D eigenvalue weighted by Gasteiger charge is -2.24. The Labute approximate surface area is 240 Å². The van der Waals surface area contributed by atoms with E-state index < -0.39 is 17.9 Å². The highest BCUT2D eigenvalue weighted by Crippen LogP contribution is 2.10. The fourth-order valence-corrected chi connectivity index (χ4v) is 4.36. The number of carboxylic acid groups (broad SMARTS) is 3. The average Bonchev–Trinajstić information content (AvgIpc) is 2.87. The number of ether oxygens (including phenoxy) is 1. The lowest BCUT2D eigenvalue weighted by molar-refractivity contribution is -0.144. The van der Waals surface area contributed by atoms with Crippen LogP contribution in [-0.2, 0) is 23.9 Å². The van der Waals surface area contributed by atoms with Crippen LogP contribution in [0.3, 0.4) is 0 Å². The van der Waals surface area contributed by atoms with E-state index >= 15 is 0 Å². The molecule has 0 heterocycles. The van der Waals surface area contributed by atoms with Crippen molar-refractivity contribution in [2.24, 2.45) is 5.92 Å². The van der Waals surface area contributed by atoms with Gasteiger partial charge in [-0.2, -0.15) is 0 Å². The number of hydrogen-bond acceptors (Lipinski definition) is 8. The molecule has 0 radical (unpaired) electrons. The third-order valence-electron chi connectivity index (χ3n) is 6.78. The maximum absolute atomic E-state index is 12.2. The van der Waals surface area contributed by atoms with Crippen LogP contribution in [0.2, 0.25) is 0 Å². The van der Waals surface area contributed by atoms with Gasteiger partial charge in [0.2, 0.25) is 0 Å². The van der Waals surface area contributed by atoms with Gasteiger partial charge >= 0.3 is 23.9 Å². The topological polar surface area (TPSA) is 148 Å². The summed E-state index contributed by atoms with van der Waals surface area (Å²) in [5, 5.41) is 26.9. The number of carbonyl (C=O) groups is 4. The third-order valence-corrected chi connectivity index (χ3v) is 6.78. The molecule has 11 nitrogen and oxygen atoms in total. The van der Waals surface area contributed by atoms with Gasteiger partial charge in [-0.1, -0.05) is 46.0 Å². The van der Waals surface area contributed by atoms with Crippen molar-refractivity contribution in [2.75, 3.05) is 66.0 Å². The lowest BCUT2D eigenvalue weighted by Crippen LogP contribution is -2.34. The summed E-state index contributed by atoms with van der Waals surface area (Å²) in [7, 11) is 1.99. The number of nitrogens with zero attached hydrogens (tertiary/aromatic N) is 3. The van der Waals surface area contributed by atoms with Crippen molar-refractivity contribution in [3.63, 3.8) is 0 Å². The van der Waals surface area contributed by atoms with E-state index in [1.807, 2.05) is 16.8 Å². The molecular weight excluding hydrogens is 518 g/mol. The van der Waals surface area contributed by atoms with Crippen LogP contribution in [0.15, 0.2) is 0 Å². The zero-order chi connectivity index (χ0) is 30.2. The number of carboxylic acids is 3. The Morgan fingerprint density at radius 3 is 1.45 bits per heavy atom. The second-order valence-corrected chi connectivity index (χ2v) is 11.0. The van der Waals surface area contributed by atoms with Crippen LogP contribution in [0.1, 0.15) is 90.9 Å². The van der Waals surface area contributed by atoms with Crippen LogP contribution in [0, 0.1) is 5.92 Å². The van der Waals surface area contributed by atoms with Gasteiger partial charge in [0, 0.05) is 26.2 Å². The van der Waals surface area contributed by atoms with E-state index in [0.717, 1.165) is 51.1 Å². The zero-order valence-electron chi connectivity index (χ0n) is 25.2. The van der Waals surface area contributed by atoms with E-state index in [9.17, 15) is 19.2 Å². The van der Waals surface area contributed by atoms with Gasteiger partial charge in [-0.15, -0.1) is 0 Å². The van der Waals surface area contributed by atoms with Gasteiger partial charge in [-0.3, -0.25) is 19.2 Å². The second-order valence-electron chi connectivity index (χ2n) is 11.0. The summed E-state index contributed by atoms with van der Waals surface area (Å²) >= 11 is 0. The summed E-state index contributed by atoms with van der Waals surface area (Å²) in [6, 6.07) is 0. The molecule has 0 amide bonds. The zero-order valence-corrected chi connectivity index (χ0v) is 25.2. The molecule has 0 spiro atoms. The first kappa shape index (κ1) is 37.8. The van der Waals surface area contributed by atoms with Crippen molar-refractivity contribution in [1.82, 2.24) is 14.7 Å². The van der Waals surface area contributed by atoms with Crippen molar-refractivity contribution in [2.45, 2.75) is 90.9 Å². The average molecular weight is 574 g/mol. The van der Waals surface area contributed by atoms with Gasteiger partial charge in [0.1, 0.15) is 0 Å². The second kappa shape index (κ2) is 24.5. The van der Waals surface area contributed by atoms with Crippen LogP contribution in [0.25, 0.3) is 0 Å². The minimum absolute atomic E-state index is 0.0181. The predicted molar refractivity (Wildman–Crippen MR) is 154 cm³/mol. The molecule has 0 aliphatic carbocycles. The Hall–Kier alpha value is -2.24. The van der Waals surface area contributed by atoms with E-state index in [4.69, 9.17) is 20.1 Å². The summed E-state index contributed by atoms with van der Waals surface area (Å²) in [6.07, 6.45) is 8.64. The standard InChI is InChI=1S/C29H55N3O8/c1-25(2)11-7-5-4-6-8-24-40-29(39)15-23-32(22-14-28(37)38)19-10-17-30(3)16-9-18-31(20-12-26(33)34)21-13-27(35)36/h25H,4-24H2,1-3H3,(H,33,34)(H,35,36)(H,37,38). The van der Waals surface area contributed by atoms with Crippen LogP contribution in [-0.4, -0.2) is 120 Å². The molecule has 0 fully saturated rings.